The molecule has 0 aromatic carbocycles. The van der Waals surface area contributed by atoms with Crippen LogP contribution in [0.15, 0.2) is 12.2 Å². The molecule has 3 rings (SSSR count). The van der Waals surface area contributed by atoms with Crippen molar-refractivity contribution in [3.8, 4) is 0 Å². The number of carbonyl (C=O) groups is 4. The average Bonchev–Trinajstić information content (AvgIpc) is 0.754. The number of esters is 4. The summed E-state index contributed by atoms with van der Waals surface area (Å²) in [6.07, 6.45) is 31.8. The molecule has 2 heterocycles. The zero-order chi connectivity index (χ0) is 88.4. The summed E-state index contributed by atoms with van der Waals surface area (Å²) in [5, 5.41) is 103. The Bertz CT molecular complexity index is 2570. The molecule has 3 fully saturated rings. The largest absolute Gasteiger partial charge is 0.472 e. The highest BCUT2D eigenvalue weighted by molar-refractivity contribution is 7.47. The third-order valence-corrected chi connectivity index (χ3v) is 25.4. The lowest BCUT2D eigenvalue weighted by Gasteiger charge is -2.50. The van der Waals surface area contributed by atoms with Crippen LogP contribution in [0.25, 0.3) is 0 Å². The van der Waals surface area contributed by atoms with Gasteiger partial charge >= 0.3 is 31.7 Å². The third kappa shape index (κ3) is 53.1. The zero-order valence-electron chi connectivity index (χ0n) is 76.3. The van der Waals surface area contributed by atoms with Crippen molar-refractivity contribution >= 4 is 31.7 Å². The number of hydrogen-bond donors (Lipinski definition) is 10. The number of phosphoric acid groups is 1. The first-order valence-corrected chi connectivity index (χ1v) is 50.8. The van der Waals surface area contributed by atoms with Crippen molar-refractivity contribution in [2.45, 2.75) is 537 Å². The molecule has 26 heteroatoms. The molecule has 19 unspecified atom stereocenters. The standard InChI is InChI=1S/C95H177O25P/c1-6-10-14-18-22-25-28-31-34-37-38-41-44-47-54-61-67-79(98)112-73-77-83(102)85(104)89(108)95(116-77)119-92-90(117-81(100)69-63-57-49-46-43-40-36-33-30-27-24-20-16-12-8-3)86(105)87(106)91(118-94-88(107)84(103)82(101)76(70-96)115-94)93(92)120-121(109,110)113-72-75(114-80(99)68-62-56-48-45-42-39-35-32-29-26-23-19-15-11-7-2)71-111-78(97)66-60-55-51-50-53-59-65-74(5)64-58-52-21-17-13-9-4/h27,30,74-77,82-96,101-108H,6-26,28-29,31-73H2,1-5H3,(H,109,110)/b30-27-. The predicted molar refractivity (Wildman–Crippen MR) is 472 cm³/mol. The number of allylic oxidation sites excluding steroid dienone is 2. The summed E-state index contributed by atoms with van der Waals surface area (Å²) < 4.78 is 73.6. The van der Waals surface area contributed by atoms with Gasteiger partial charge in [-0.05, 0) is 57.3 Å². The van der Waals surface area contributed by atoms with Crippen molar-refractivity contribution < 1.29 is 122 Å². The lowest BCUT2D eigenvalue weighted by Crippen LogP contribution is -2.70. The zero-order valence-corrected chi connectivity index (χ0v) is 77.2. The van der Waals surface area contributed by atoms with Crippen LogP contribution in [0.5, 0.6) is 0 Å². The van der Waals surface area contributed by atoms with Crippen molar-refractivity contribution in [2.75, 3.05) is 26.4 Å². The molecule has 712 valence electrons. The Labute approximate surface area is 731 Å². The molecular weight excluding hydrogens is 1570 g/mol. The summed E-state index contributed by atoms with van der Waals surface area (Å²) in [6, 6.07) is 0. The van der Waals surface area contributed by atoms with Crippen LogP contribution in [-0.2, 0) is 70.7 Å². The minimum absolute atomic E-state index is 0.0182. The number of unbranched alkanes of at least 4 members (excludes halogenated alkanes) is 50. The van der Waals surface area contributed by atoms with Gasteiger partial charge in [0.15, 0.2) is 24.8 Å². The van der Waals surface area contributed by atoms with E-state index in [4.69, 9.17) is 46.9 Å². The van der Waals surface area contributed by atoms with E-state index < -0.39 is 162 Å². The van der Waals surface area contributed by atoms with Gasteiger partial charge < -0.3 is 88.7 Å². The van der Waals surface area contributed by atoms with Gasteiger partial charge in [0.1, 0.15) is 92.6 Å². The summed E-state index contributed by atoms with van der Waals surface area (Å²) in [5.74, 6) is -2.26. The molecule has 1 aliphatic carbocycles. The molecule has 3 aliphatic rings. The van der Waals surface area contributed by atoms with Gasteiger partial charge in [-0.2, -0.15) is 0 Å². The topological polar surface area (TPSA) is 380 Å². The quantitative estimate of drug-likeness (QED) is 0.00889. The van der Waals surface area contributed by atoms with E-state index in [1.54, 1.807) is 0 Å². The van der Waals surface area contributed by atoms with Crippen LogP contribution in [0.2, 0.25) is 0 Å². The minimum Gasteiger partial charge on any atom is -0.463 e. The molecule has 1 saturated carbocycles. The number of ether oxygens (including phenoxy) is 8. The molecule has 19 atom stereocenters. The van der Waals surface area contributed by atoms with Gasteiger partial charge in [0, 0.05) is 25.7 Å². The van der Waals surface area contributed by atoms with Crippen molar-refractivity contribution in [3.63, 3.8) is 0 Å². The monoisotopic (exact) mass is 1750 g/mol. The Kier molecular flexibility index (Phi) is 67.8. The Morgan fingerprint density at radius 1 is 0.347 bits per heavy atom. The second-order valence-electron chi connectivity index (χ2n) is 35.6. The first kappa shape index (κ1) is 112. The fraction of sp³-hybridized carbons (Fsp3) is 0.937. The lowest BCUT2D eigenvalue weighted by atomic mass is 9.84. The minimum atomic E-state index is -5.81. The van der Waals surface area contributed by atoms with Crippen molar-refractivity contribution in [1.29, 1.82) is 0 Å². The van der Waals surface area contributed by atoms with E-state index in [2.05, 4.69) is 46.8 Å². The summed E-state index contributed by atoms with van der Waals surface area (Å²) in [4.78, 5) is 66.7. The Morgan fingerprint density at radius 3 is 1.07 bits per heavy atom. The second kappa shape index (κ2) is 73.0. The van der Waals surface area contributed by atoms with Gasteiger partial charge in [0.25, 0.3) is 0 Å². The van der Waals surface area contributed by atoms with Crippen LogP contribution in [-0.4, -0.2) is 205 Å². The second-order valence-corrected chi connectivity index (χ2v) is 37.0. The maximum absolute atomic E-state index is 14.9. The summed E-state index contributed by atoms with van der Waals surface area (Å²) >= 11 is 0. The van der Waals surface area contributed by atoms with E-state index in [0.29, 0.717) is 38.0 Å². The maximum atomic E-state index is 14.9. The van der Waals surface area contributed by atoms with Gasteiger partial charge in [-0.15, -0.1) is 0 Å². The molecule has 0 aromatic heterocycles. The van der Waals surface area contributed by atoms with E-state index >= 15 is 0 Å². The van der Waals surface area contributed by atoms with E-state index in [1.165, 1.54) is 199 Å². The van der Waals surface area contributed by atoms with Crippen molar-refractivity contribution in [1.82, 2.24) is 0 Å². The predicted octanol–water partition coefficient (Wildman–Crippen LogP) is 19.0. The number of phosphoric ester groups is 1. The SMILES string of the molecule is CCCCCC/C=C\CCCCCCCCCC(=O)OC1C(O)C(O)C(OC2OC(CO)C(O)C(O)C2O)C(OP(=O)(O)OCC(COC(=O)CCCCCCCCC(C)CCCCCCCC)OC(=O)CCCCCCCCCCCCCCCCC)C1OC1OC(COC(=O)CCCCCCCCCCCCCCCCCC)C(O)C(O)C1O. The maximum Gasteiger partial charge on any atom is 0.472 e. The van der Waals surface area contributed by atoms with Gasteiger partial charge in [-0.25, -0.2) is 4.57 Å². The molecule has 2 saturated heterocycles. The average molecular weight is 1750 g/mol. The Balaban J connectivity index is 1.90. The first-order valence-electron chi connectivity index (χ1n) is 49.3. The number of rotatable bonds is 80. The molecule has 10 N–H and O–H groups in total. The van der Waals surface area contributed by atoms with Crippen LogP contribution in [0.4, 0.5) is 0 Å². The van der Waals surface area contributed by atoms with Gasteiger partial charge in [0.05, 0.1) is 13.2 Å². The summed E-state index contributed by atoms with van der Waals surface area (Å²) in [5.41, 5.74) is 0. The van der Waals surface area contributed by atoms with Crippen molar-refractivity contribution in [3.05, 3.63) is 12.2 Å². The first-order chi connectivity index (χ1) is 58.6. The molecule has 121 heavy (non-hydrogen) atoms. The number of carbonyl (C=O) groups excluding carboxylic acids is 4. The number of aliphatic hydroxyl groups excluding tert-OH is 9. The molecule has 25 nitrogen and oxygen atoms in total. The summed E-state index contributed by atoms with van der Waals surface area (Å²) in [7, 11) is -5.81. The molecule has 0 aromatic rings. The van der Waals surface area contributed by atoms with Gasteiger partial charge in [-0.3, -0.25) is 28.2 Å². The van der Waals surface area contributed by atoms with Crippen LogP contribution in [0, 0.1) is 5.92 Å². The van der Waals surface area contributed by atoms with Crippen LogP contribution >= 0.6 is 7.82 Å². The molecule has 0 bridgehead atoms. The molecule has 0 radical (unpaired) electrons. The Morgan fingerprint density at radius 2 is 0.669 bits per heavy atom. The molecule has 0 amide bonds. The highest BCUT2D eigenvalue weighted by Crippen LogP contribution is 2.49. The van der Waals surface area contributed by atoms with Gasteiger partial charge in [0.2, 0.25) is 0 Å². The highest BCUT2D eigenvalue weighted by Gasteiger charge is 2.60. The van der Waals surface area contributed by atoms with E-state index in [1.807, 2.05) is 0 Å². The molecule has 0 spiro atoms. The molecular formula is C95H177O25P. The van der Waals surface area contributed by atoms with E-state index in [9.17, 15) is 74.6 Å². The Hall–Kier alpha value is -2.79. The molecule has 2 aliphatic heterocycles. The summed E-state index contributed by atoms with van der Waals surface area (Å²) in [6.45, 7) is 7.97. The van der Waals surface area contributed by atoms with Crippen LogP contribution in [0.3, 0.4) is 0 Å². The number of hydrogen-bond acceptors (Lipinski definition) is 24. The smallest absolute Gasteiger partial charge is 0.463 e. The lowest BCUT2D eigenvalue weighted by molar-refractivity contribution is -0.360. The highest BCUT2D eigenvalue weighted by atomic mass is 31.2. The van der Waals surface area contributed by atoms with Gasteiger partial charge in [-0.1, -0.05) is 368 Å². The number of aliphatic hydroxyl groups is 9. The van der Waals surface area contributed by atoms with Crippen LogP contribution < -0.4 is 0 Å². The third-order valence-electron chi connectivity index (χ3n) is 24.4. The van der Waals surface area contributed by atoms with Crippen LogP contribution in [0.1, 0.15) is 433 Å². The van der Waals surface area contributed by atoms with E-state index in [-0.39, 0.29) is 25.7 Å². The van der Waals surface area contributed by atoms with E-state index in [0.717, 1.165) is 141 Å². The fourth-order valence-electron chi connectivity index (χ4n) is 16.5. The normalized spacial score (nSPS) is 24.9. The van der Waals surface area contributed by atoms with Crippen molar-refractivity contribution in [2.24, 2.45) is 5.92 Å². The fourth-order valence-corrected chi connectivity index (χ4v) is 17.5.